The quantitative estimate of drug-likeness (QED) is 0.236. The Bertz CT molecular complexity index is 1340. The first kappa shape index (κ1) is 25.7. The van der Waals surface area contributed by atoms with Crippen LogP contribution in [0.2, 0.25) is 0 Å². The van der Waals surface area contributed by atoms with Gasteiger partial charge in [-0.15, -0.1) is 0 Å². The third-order valence-electron chi connectivity index (χ3n) is 4.96. The van der Waals surface area contributed by atoms with Crippen molar-refractivity contribution in [3.05, 3.63) is 58.6 Å². The summed E-state index contributed by atoms with van der Waals surface area (Å²) in [7, 11) is -2.32. The number of sulfone groups is 1. The van der Waals surface area contributed by atoms with E-state index in [-0.39, 0.29) is 23.5 Å². The van der Waals surface area contributed by atoms with Crippen LogP contribution < -0.4 is 4.80 Å². The van der Waals surface area contributed by atoms with Crippen molar-refractivity contribution in [3.63, 3.8) is 0 Å². The van der Waals surface area contributed by atoms with E-state index < -0.39 is 27.5 Å². The normalized spacial score (nSPS) is 12.3. The monoisotopic (exact) mass is 508 g/mol. The number of hydrogen-bond donors (Lipinski definition) is 0. The number of hydrogen-bond acceptors (Lipinski definition) is 7. The van der Waals surface area contributed by atoms with Gasteiger partial charge in [-0.05, 0) is 55.8 Å². The SMILES string of the molecule is CCOCCn1c(=NC(=O)CCCS(=O)(=O)c2ccc(F)cc2)sc2cc(C(=O)OC)ccc21. The third-order valence-corrected chi connectivity index (χ3v) is 7.82. The highest BCUT2D eigenvalue weighted by Crippen LogP contribution is 2.20. The molecule has 3 rings (SSSR count). The van der Waals surface area contributed by atoms with E-state index in [2.05, 4.69) is 4.99 Å². The molecule has 0 saturated carbocycles. The van der Waals surface area contributed by atoms with Gasteiger partial charge in [0.1, 0.15) is 5.82 Å². The van der Waals surface area contributed by atoms with Crippen LogP contribution in [0.3, 0.4) is 0 Å². The molecule has 3 aromatic rings. The summed E-state index contributed by atoms with van der Waals surface area (Å²) in [6.45, 7) is 3.30. The number of rotatable bonds is 10. The molecule has 8 nitrogen and oxygen atoms in total. The van der Waals surface area contributed by atoms with Crippen LogP contribution in [0.25, 0.3) is 10.2 Å². The van der Waals surface area contributed by atoms with Crippen molar-refractivity contribution in [1.29, 1.82) is 0 Å². The number of halogens is 1. The first-order valence-corrected chi connectivity index (χ1v) is 13.1. The van der Waals surface area contributed by atoms with E-state index in [1.807, 2.05) is 11.5 Å². The highest BCUT2D eigenvalue weighted by molar-refractivity contribution is 7.91. The van der Waals surface area contributed by atoms with Crippen LogP contribution in [-0.2, 0) is 30.7 Å². The van der Waals surface area contributed by atoms with Crippen LogP contribution in [0.5, 0.6) is 0 Å². The predicted octanol–water partition coefficient (Wildman–Crippen LogP) is 3.35. The van der Waals surface area contributed by atoms with Gasteiger partial charge in [-0.2, -0.15) is 4.99 Å². The fourth-order valence-electron chi connectivity index (χ4n) is 3.26. The van der Waals surface area contributed by atoms with Gasteiger partial charge in [0.25, 0.3) is 0 Å². The van der Waals surface area contributed by atoms with Crippen molar-refractivity contribution >= 4 is 43.3 Å². The average molecular weight is 509 g/mol. The Morgan fingerprint density at radius 1 is 1.15 bits per heavy atom. The van der Waals surface area contributed by atoms with Gasteiger partial charge in [0.2, 0.25) is 5.91 Å². The molecule has 34 heavy (non-hydrogen) atoms. The third kappa shape index (κ3) is 6.37. The molecule has 0 aliphatic carbocycles. The minimum absolute atomic E-state index is 0.0120. The predicted molar refractivity (Wildman–Crippen MR) is 126 cm³/mol. The molecule has 0 bridgehead atoms. The van der Waals surface area contributed by atoms with E-state index in [4.69, 9.17) is 9.47 Å². The van der Waals surface area contributed by atoms with Gasteiger partial charge in [0, 0.05) is 19.6 Å². The van der Waals surface area contributed by atoms with E-state index >= 15 is 0 Å². The minimum atomic E-state index is -3.63. The number of thiazole rings is 1. The van der Waals surface area contributed by atoms with E-state index in [9.17, 15) is 22.4 Å². The van der Waals surface area contributed by atoms with Gasteiger partial charge in [-0.25, -0.2) is 17.6 Å². The summed E-state index contributed by atoms with van der Waals surface area (Å²) >= 11 is 1.25. The maximum absolute atomic E-state index is 13.0. The molecular formula is C23H25FN2O6S2. The lowest BCUT2D eigenvalue weighted by Gasteiger charge is -2.06. The molecule has 0 aliphatic heterocycles. The second-order valence-electron chi connectivity index (χ2n) is 7.29. The summed E-state index contributed by atoms with van der Waals surface area (Å²) in [4.78, 5) is 29.0. The van der Waals surface area contributed by atoms with Crippen molar-refractivity contribution in [2.24, 2.45) is 4.99 Å². The molecule has 1 amide bonds. The fourth-order valence-corrected chi connectivity index (χ4v) is 5.68. The lowest BCUT2D eigenvalue weighted by Crippen LogP contribution is -2.20. The van der Waals surface area contributed by atoms with Gasteiger partial charge in [0.05, 0.1) is 40.1 Å². The summed E-state index contributed by atoms with van der Waals surface area (Å²) in [6, 6.07) is 9.67. The number of ether oxygens (including phenoxy) is 2. The van der Waals surface area contributed by atoms with Gasteiger partial charge in [0.15, 0.2) is 14.6 Å². The molecular weight excluding hydrogens is 483 g/mol. The second kappa shape index (κ2) is 11.5. The molecule has 11 heteroatoms. The Morgan fingerprint density at radius 2 is 1.88 bits per heavy atom. The number of methoxy groups -OCH3 is 1. The first-order chi connectivity index (χ1) is 16.2. The molecule has 0 saturated heterocycles. The van der Waals surface area contributed by atoms with Crippen LogP contribution in [0.4, 0.5) is 4.39 Å². The molecule has 0 N–H and O–H groups in total. The van der Waals surface area contributed by atoms with E-state index in [0.717, 1.165) is 22.3 Å². The molecule has 0 unspecified atom stereocenters. The zero-order chi connectivity index (χ0) is 24.7. The number of aromatic nitrogens is 1. The number of carbonyl (C=O) groups excluding carboxylic acids is 2. The summed E-state index contributed by atoms with van der Waals surface area (Å²) < 4.78 is 50.6. The number of nitrogens with zero attached hydrogens (tertiary/aromatic N) is 2. The molecule has 0 spiro atoms. The Balaban J connectivity index is 1.79. The summed E-state index contributed by atoms with van der Waals surface area (Å²) in [5.74, 6) is -1.70. The molecule has 0 radical (unpaired) electrons. The Morgan fingerprint density at radius 3 is 2.56 bits per heavy atom. The first-order valence-electron chi connectivity index (χ1n) is 10.6. The number of amides is 1. The van der Waals surface area contributed by atoms with E-state index in [1.54, 1.807) is 18.2 Å². The van der Waals surface area contributed by atoms with Crippen LogP contribution in [0.1, 0.15) is 30.1 Å². The number of fused-ring (bicyclic) bond motifs is 1. The van der Waals surface area contributed by atoms with Crippen molar-refractivity contribution in [1.82, 2.24) is 4.57 Å². The van der Waals surface area contributed by atoms with Crippen molar-refractivity contribution in [2.45, 2.75) is 31.2 Å². The van der Waals surface area contributed by atoms with Gasteiger partial charge in [-0.1, -0.05) is 11.3 Å². The second-order valence-corrected chi connectivity index (χ2v) is 10.4. The smallest absolute Gasteiger partial charge is 0.337 e. The van der Waals surface area contributed by atoms with Gasteiger partial charge in [-0.3, -0.25) is 4.79 Å². The van der Waals surface area contributed by atoms with Crippen molar-refractivity contribution in [2.75, 3.05) is 26.1 Å². The fraction of sp³-hybridized carbons (Fsp3) is 0.348. The summed E-state index contributed by atoms with van der Waals surface area (Å²) in [5.41, 5.74) is 1.18. The zero-order valence-corrected chi connectivity index (χ0v) is 20.5. The van der Waals surface area contributed by atoms with E-state index in [0.29, 0.717) is 30.1 Å². The minimum Gasteiger partial charge on any atom is -0.465 e. The molecule has 2 aromatic carbocycles. The lowest BCUT2D eigenvalue weighted by atomic mass is 10.2. The van der Waals surface area contributed by atoms with Crippen molar-refractivity contribution in [3.8, 4) is 0 Å². The summed E-state index contributed by atoms with van der Waals surface area (Å²) in [5, 5.41) is 0. The standard InChI is InChI=1S/C23H25FN2O6S2/c1-3-32-13-12-26-19-11-6-16(22(28)31-2)15-20(19)33-23(26)25-21(27)5-4-14-34(29,30)18-9-7-17(24)8-10-18/h6-11,15H,3-5,12-14H2,1-2H3. The highest BCUT2D eigenvalue weighted by atomic mass is 32.2. The Labute approximate surface area is 200 Å². The number of carbonyl (C=O) groups is 2. The molecule has 0 aliphatic rings. The number of esters is 1. The van der Waals surface area contributed by atoms with E-state index in [1.165, 1.54) is 30.6 Å². The topological polar surface area (TPSA) is 104 Å². The molecule has 0 atom stereocenters. The lowest BCUT2D eigenvalue weighted by molar-refractivity contribution is -0.118. The molecule has 1 aromatic heterocycles. The van der Waals surface area contributed by atoms with Crippen molar-refractivity contribution < 1.29 is 31.9 Å². The average Bonchev–Trinajstić information content (AvgIpc) is 3.14. The molecule has 0 fully saturated rings. The van der Waals surface area contributed by atoms with Gasteiger partial charge >= 0.3 is 5.97 Å². The largest absolute Gasteiger partial charge is 0.465 e. The zero-order valence-electron chi connectivity index (χ0n) is 18.8. The Hall–Kier alpha value is -2.89. The molecule has 182 valence electrons. The Kier molecular flexibility index (Phi) is 8.70. The highest BCUT2D eigenvalue weighted by Gasteiger charge is 2.16. The van der Waals surface area contributed by atoms with Crippen LogP contribution in [0.15, 0.2) is 52.4 Å². The summed E-state index contributed by atoms with van der Waals surface area (Å²) in [6.07, 6.45) is 0.0198. The number of benzene rings is 2. The van der Waals surface area contributed by atoms with Crippen LogP contribution >= 0.6 is 11.3 Å². The van der Waals surface area contributed by atoms with Crippen LogP contribution in [-0.4, -0.2) is 50.9 Å². The van der Waals surface area contributed by atoms with Gasteiger partial charge < -0.3 is 14.0 Å². The molecule has 1 heterocycles. The van der Waals surface area contributed by atoms with Crippen LogP contribution in [0, 0.1) is 5.82 Å². The maximum Gasteiger partial charge on any atom is 0.337 e. The maximum atomic E-state index is 13.0.